The number of carbonyl (C=O) groups is 2. The molecule has 2 aromatic rings. The minimum Gasteiger partial charge on any atom is -0.342 e. The molecule has 0 spiro atoms. The summed E-state index contributed by atoms with van der Waals surface area (Å²) in [6, 6.07) is 11.3. The summed E-state index contributed by atoms with van der Waals surface area (Å²) in [5.74, 6) is 1.31. The highest BCUT2D eigenvalue weighted by Gasteiger charge is 2.33. The van der Waals surface area contributed by atoms with Crippen LogP contribution in [0, 0.1) is 11.8 Å². The van der Waals surface area contributed by atoms with Crippen LogP contribution in [0.5, 0.6) is 0 Å². The van der Waals surface area contributed by atoms with Crippen molar-refractivity contribution in [3.8, 4) is 0 Å². The minimum absolute atomic E-state index is 0.0310. The fourth-order valence-corrected chi connectivity index (χ4v) is 4.24. The maximum atomic E-state index is 12.9. The first-order valence-electron chi connectivity index (χ1n) is 10.1. The van der Waals surface area contributed by atoms with Gasteiger partial charge in [0.2, 0.25) is 11.9 Å². The van der Waals surface area contributed by atoms with E-state index in [2.05, 4.69) is 14.9 Å². The quantitative estimate of drug-likeness (QED) is 0.766. The summed E-state index contributed by atoms with van der Waals surface area (Å²) in [5.41, 5.74) is 0.780. The van der Waals surface area contributed by atoms with E-state index in [4.69, 9.17) is 0 Å². The van der Waals surface area contributed by atoms with Crippen molar-refractivity contribution in [1.29, 1.82) is 0 Å². The summed E-state index contributed by atoms with van der Waals surface area (Å²) in [6.45, 7) is 2.99. The van der Waals surface area contributed by atoms with Gasteiger partial charge in [-0.25, -0.2) is 9.97 Å². The average Bonchev–Trinajstić information content (AvgIpc) is 2.79. The maximum absolute atomic E-state index is 12.9. The number of ketones is 1. The van der Waals surface area contributed by atoms with Crippen molar-refractivity contribution in [2.75, 3.05) is 31.1 Å². The van der Waals surface area contributed by atoms with E-state index in [0.29, 0.717) is 13.1 Å². The van der Waals surface area contributed by atoms with Crippen molar-refractivity contribution in [2.24, 2.45) is 11.8 Å². The predicted octanol–water partition coefficient (Wildman–Crippen LogP) is 2.81. The molecule has 0 radical (unpaired) electrons. The lowest BCUT2D eigenvalue weighted by Gasteiger charge is -2.37. The lowest BCUT2D eigenvalue weighted by molar-refractivity contribution is -0.137. The molecule has 0 aliphatic carbocycles. The maximum Gasteiger partial charge on any atom is 0.225 e. The standard InChI is InChI=1S/C22H26N4O2/c27-20(17-5-2-1-3-6-17)18-7-13-25(14-8-18)21(28)19-9-15-26(16-10-19)22-23-11-4-12-24-22/h1-6,11-12,18-19H,7-10,13-16H2. The highest BCUT2D eigenvalue weighted by atomic mass is 16.2. The van der Waals surface area contributed by atoms with Crippen molar-refractivity contribution in [2.45, 2.75) is 25.7 Å². The molecule has 2 saturated heterocycles. The molecule has 1 amide bonds. The van der Waals surface area contributed by atoms with Crippen LogP contribution in [0.2, 0.25) is 0 Å². The molecule has 1 aromatic heterocycles. The minimum atomic E-state index is 0.0310. The Bertz CT molecular complexity index is 796. The monoisotopic (exact) mass is 378 g/mol. The normalized spacial score (nSPS) is 18.9. The summed E-state index contributed by atoms with van der Waals surface area (Å²) in [6.07, 6.45) is 6.69. The summed E-state index contributed by atoms with van der Waals surface area (Å²) >= 11 is 0. The molecular formula is C22H26N4O2. The predicted molar refractivity (Wildman–Crippen MR) is 107 cm³/mol. The van der Waals surface area contributed by atoms with E-state index < -0.39 is 0 Å². The van der Waals surface area contributed by atoms with Gasteiger partial charge in [-0.2, -0.15) is 0 Å². The number of benzene rings is 1. The van der Waals surface area contributed by atoms with E-state index in [0.717, 1.165) is 50.3 Å². The van der Waals surface area contributed by atoms with Crippen LogP contribution in [0.4, 0.5) is 5.95 Å². The van der Waals surface area contributed by atoms with Gasteiger partial charge in [-0.15, -0.1) is 0 Å². The molecule has 0 unspecified atom stereocenters. The smallest absolute Gasteiger partial charge is 0.225 e. The van der Waals surface area contributed by atoms with Crippen LogP contribution in [0.1, 0.15) is 36.0 Å². The van der Waals surface area contributed by atoms with Gasteiger partial charge in [0.15, 0.2) is 5.78 Å². The van der Waals surface area contributed by atoms with Crippen LogP contribution in [0.3, 0.4) is 0 Å². The van der Waals surface area contributed by atoms with Gasteiger partial charge in [0, 0.05) is 56.0 Å². The van der Waals surface area contributed by atoms with Crippen molar-refractivity contribution in [1.82, 2.24) is 14.9 Å². The van der Waals surface area contributed by atoms with Gasteiger partial charge in [0.05, 0.1) is 0 Å². The molecule has 146 valence electrons. The van der Waals surface area contributed by atoms with Gasteiger partial charge < -0.3 is 9.80 Å². The molecule has 2 aliphatic rings. The Balaban J connectivity index is 1.27. The topological polar surface area (TPSA) is 66.4 Å². The Morgan fingerprint density at radius 2 is 1.39 bits per heavy atom. The Hall–Kier alpha value is -2.76. The Labute approximate surface area is 165 Å². The van der Waals surface area contributed by atoms with Gasteiger partial charge in [-0.05, 0) is 31.7 Å². The van der Waals surface area contributed by atoms with Crippen LogP contribution in [0.25, 0.3) is 0 Å². The zero-order valence-corrected chi connectivity index (χ0v) is 16.0. The number of anilines is 1. The second kappa shape index (κ2) is 8.50. The molecule has 1 aromatic carbocycles. The number of hydrogen-bond acceptors (Lipinski definition) is 5. The third kappa shape index (κ3) is 4.06. The summed E-state index contributed by atoms with van der Waals surface area (Å²) in [7, 11) is 0. The average molecular weight is 378 g/mol. The number of hydrogen-bond donors (Lipinski definition) is 0. The van der Waals surface area contributed by atoms with E-state index in [1.54, 1.807) is 12.4 Å². The molecule has 6 heteroatoms. The molecule has 28 heavy (non-hydrogen) atoms. The third-order valence-electron chi connectivity index (χ3n) is 5.91. The summed E-state index contributed by atoms with van der Waals surface area (Å²) < 4.78 is 0. The van der Waals surface area contributed by atoms with Gasteiger partial charge in [-0.1, -0.05) is 30.3 Å². The van der Waals surface area contributed by atoms with E-state index in [1.165, 1.54) is 0 Å². The van der Waals surface area contributed by atoms with Crippen molar-refractivity contribution in [3.63, 3.8) is 0 Å². The van der Waals surface area contributed by atoms with Crippen molar-refractivity contribution >= 4 is 17.6 Å². The molecule has 4 rings (SSSR count). The fraction of sp³-hybridized carbons (Fsp3) is 0.455. The Morgan fingerprint density at radius 1 is 0.786 bits per heavy atom. The number of Topliss-reactive ketones (excluding diaryl/α,β-unsaturated/α-hetero) is 1. The fourth-order valence-electron chi connectivity index (χ4n) is 4.24. The lowest BCUT2D eigenvalue weighted by Crippen LogP contribution is -2.46. The molecule has 3 heterocycles. The van der Waals surface area contributed by atoms with Crippen LogP contribution < -0.4 is 4.90 Å². The Kier molecular flexibility index (Phi) is 5.65. The third-order valence-corrected chi connectivity index (χ3v) is 5.91. The molecule has 0 saturated carbocycles. The molecule has 2 aliphatic heterocycles. The molecule has 6 nitrogen and oxygen atoms in total. The zero-order valence-electron chi connectivity index (χ0n) is 16.0. The first kappa shape index (κ1) is 18.6. The first-order chi connectivity index (χ1) is 13.7. The molecule has 0 N–H and O–H groups in total. The zero-order chi connectivity index (χ0) is 19.3. The second-order valence-electron chi connectivity index (χ2n) is 7.64. The largest absolute Gasteiger partial charge is 0.342 e. The highest BCUT2D eigenvalue weighted by molar-refractivity contribution is 5.98. The van der Waals surface area contributed by atoms with Gasteiger partial charge in [0.25, 0.3) is 0 Å². The SMILES string of the molecule is O=C(c1ccccc1)C1CCN(C(=O)C2CCN(c3ncccn3)CC2)CC1. The van der Waals surface area contributed by atoms with Crippen molar-refractivity contribution < 1.29 is 9.59 Å². The molecule has 0 bridgehead atoms. The van der Waals surface area contributed by atoms with E-state index in [9.17, 15) is 9.59 Å². The van der Waals surface area contributed by atoms with E-state index in [1.807, 2.05) is 41.3 Å². The molecule has 2 fully saturated rings. The lowest BCUT2D eigenvalue weighted by atomic mass is 9.87. The first-order valence-corrected chi connectivity index (χ1v) is 10.1. The number of aromatic nitrogens is 2. The summed E-state index contributed by atoms with van der Waals surface area (Å²) in [4.78, 5) is 38.3. The second-order valence-corrected chi connectivity index (χ2v) is 7.64. The number of nitrogens with zero attached hydrogens (tertiary/aromatic N) is 4. The van der Waals surface area contributed by atoms with Gasteiger partial charge in [-0.3, -0.25) is 9.59 Å². The summed E-state index contributed by atoms with van der Waals surface area (Å²) in [5, 5.41) is 0. The molecule has 0 atom stereocenters. The number of piperidine rings is 2. The number of rotatable bonds is 4. The highest BCUT2D eigenvalue weighted by Crippen LogP contribution is 2.26. The van der Waals surface area contributed by atoms with Gasteiger partial charge in [0.1, 0.15) is 0 Å². The Morgan fingerprint density at radius 3 is 2.04 bits per heavy atom. The van der Waals surface area contributed by atoms with Crippen LogP contribution in [-0.4, -0.2) is 52.7 Å². The van der Waals surface area contributed by atoms with Crippen LogP contribution >= 0.6 is 0 Å². The van der Waals surface area contributed by atoms with E-state index >= 15 is 0 Å². The number of amides is 1. The van der Waals surface area contributed by atoms with Crippen LogP contribution in [-0.2, 0) is 4.79 Å². The van der Waals surface area contributed by atoms with Crippen LogP contribution in [0.15, 0.2) is 48.8 Å². The van der Waals surface area contributed by atoms with Crippen molar-refractivity contribution in [3.05, 3.63) is 54.4 Å². The number of likely N-dealkylation sites (tertiary alicyclic amines) is 1. The number of carbonyl (C=O) groups excluding carboxylic acids is 2. The van der Waals surface area contributed by atoms with Gasteiger partial charge >= 0.3 is 0 Å². The molecular weight excluding hydrogens is 352 g/mol. The van der Waals surface area contributed by atoms with E-state index in [-0.39, 0.29) is 23.5 Å².